The molecule has 0 aromatic carbocycles. The highest BCUT2D eigenvalue weighted by Crippen LogP contribution is 2.11. The molecule has 34 valence electrons. The number of hydrogen-bond donors (Lipinski definition) is 1. The predicted octanol–water partition coefficient (Wildman–Crippen LogP) is 0.719. The average molecular weight is 101 g/mol. The molecule has 0 fully saturated rings. The molecule has 0 aliphatic carbocycles. The van der Waals surface area contributed by atoms with Crippen LogP contribution in [0.25, 0.3) is 0 Å². The van der Waals surface area contributed by atoms with Gasteiger partial charge in [-0.3, -0.25) is 0 Å². The van der Waals surface area contributed by atoms with E-state index in [1.165, 1.54) is 0 Å². The molecule has 1 rings (SSSR count). The number of nitrogens with one attached hydrogen (secondary N) is 1. The van der Waals surface area contributed by atoms with E-state index in [1.807, 2.05) is 6.20 Å². The average Bonchev–Trinajstić information content (AvgIpc) is 1.86. The molecule has 1 unspecified atom stereocenters. The highest BCUT2D eigenvalue weighted by molar-refractivity contribution is 8.16. The number of hydrogen-bond acceptors (Lipinski definition) is 1. The lowest BCUT2D eigenvalue weighted by Gasteiger charge is -1.85. The minimum absolute atomic E-state index is 0.285. The molecule has 1 aliphatic heterocycles. The smallest absolute Gasteiger partial charge is 0.0589 e. The van der Waals surface area contributed by atoms with E-state index < -0.39 is 0 Å². The normalized spacial score (nSPS) is 30.3. The van der Waals surface area contributed by atoms with Crippen molar-refractivity contribution in [1.29, 1.82) is 0 Å². The van der Waals surface area contributed by atoms with Gasteiger partial charge in [-0.25, -0.2) is 0 Å². The van der Waals surface area contributed by atoms with Crippen molar-refractivity contribution < 1.29 is 0 Å². The molecule has 0 amide bonds. The standard InChI is InChI=1S/C4H7NS/c1-6-3-2-5-4-6/h2-3,5H,1,4H2. The van der Waals surface area contributed by atoms with Crippen molar-refractivity contribution in [2.45, 2.75) is 0 Å². The fraction of sp³-hybridized carbons (Fsp3) is 0.250. The summed E-state index contributed by atoms with van der Waals surface area (Å²) in [4.78, 5) is 0. The molecule has 6 heavy (non-hydrogen) atoms. The van der Waals surface area contributed by atoms with Crippen molar-refractivity contribution in [1.82, 2.24) is 5.32 Å². The van der Waals surface area contributed by atoms with Gasteiger partial charge >= 0.3 is 0 Å². The largest absolute Gasteiger partial charge is 0.382 e. The second-order valence-electron chi connectivity index (χ2n) is 1.19. The van der Waals surface area contributed by atoms with Crippen LogP contribution in [-0.2, 0) is 0 Å². The first-order valence-electron chi connectivity index (χ1n) is 1.79. The Morgan fingerprint density at radius 1 is 1.83 bits per heavy atom. The van der Waals surface area contributed by atoms with Gasteiger partial charge in [0, 0.05) is 6.20 Å². The molecule has 0 bridgehead atoms. The van der Waals surface area contributed by atoms with Crippen LogP contribution in [0.15, 0.2) is 11.6 Å². The Hall–Kier alpha value is -0.240. The van der Waals surface area contributed by atoms with Gasteiger partial charge < -0.3 is 5.32 Å². The molecule has 2 heteroatoms. The van der Waals surface area contributed by atoms with Crippen molar-refractivity contribution in [3.8, 4) is 0 Å². The first-order valence-corrected chi connectivity index (χ1v) is 3.41. The van der Waals surface area contributed by atoms with Gasteiger partial charge in [-0.2, -0.15) is 0 Å². The minimum atomic E-state index is 0.285. The molecule has 0 aromatic rings. The third kappa shape index (κ3) is 0.627. The zero-order chi connectivity index (χ0) is 4.41. The minimum Gasteiger partial charge on any atom is -0.382 e. The molecule has 1 nitrogen and oxygen atoms in total. The van der Waals surface area contributed by atoms with Crippen LogP contribution >= 0.6 is 10.5 Å². The van der Waals surface area contributed by atoms with E-state index in [-0.39, 0.29) is 10.5 Å². The maximum Gasteiger partial charge on any atom is 0.0589 e. The molecule has 0 spiro atoms. The predicted molar refractivity (Wildman–Crippen MR) is 31.9 cm³/mol. The Labute approximate surface area is 40.0 Å². The van der Waals surface area contributed by atoms with Crippen LogP contribution in [0.2, 0.25) is 0 Å². The SMILES string of the molecule is C=S1C=CNC1. The lowest BCUT2D eigenvalue weighted by atomic mass is 11.0. The van der Waals surface area contributed by atoms with Crippen LogP contribution in [0.1, 0.15) is 0 Å². The van der Waals surface area contributed by atoms with Gasteiger partial charge in [0.25, 0.3) is 0 Å². The Balaban J connectivity index is 2.59. The van der Waals surface area contributed by atoms with Gasteiger partial charge in [0.15, 0.2) is 0 Å². The van der Waals surface area contributed by atoms with E-state index in [9.17, 15) is 0 Å². The van der Waals surface area contributed by atoms with Gasteiger partial charge in [-0.1, -0.05) is 5.87 Å². The maximum absolute atomic E-state index is 3.82. The summed E-state index contributed by atoms with van der Waals surface area (Å²) in [5.41, 5.74) is 0. The highest BCUT2D eigenvalue weighted by atomic mass is 32.2. The van der Waals surface area contributed by atoms with Crippen LogP contribution < -0.4 is 5.32 Å². The first kappa shape index (κ1) is 3.93. The highest BCUT2D eigenvalue weighted by Gasteiger charge is 1.87. The second-order valence-corrected chi connectivity index (χ2v) is 2.82. The molecular weight excluding hydrogens is 94.1 g/mol. The van der Waals surface area contributed by atoms with Crippen molar-refractivity contribution >= 4 is 16.4 Å². The zero-order valence-corrected chi connectivity index (χ0v) is 4.29. The summed E-state index contributed by atoms with van der Waals surface area (Å²) in [6.07, 6.45) is 1.95. The topological polar surface area (TPSA) is 12.0 Å². The first-order chi connectivity index (χ1) is 2.89. The Kier molecular flexibility index (Phi) is 0.965. The van der Waals surface area contributed by atoms with Gasteiger partial charge in [-0.05, 0) is 5.41 Å². The Morgan fingerprint density at radius 3 is 2.83 bits per heavy atom. The van der Waals surface area contributed by atoms with Crippen LogP contribution in [0.3, 0.4) is 0 Å². The van der Waals surface area contributed by atoms with Crippen LogP contribution in [0.4, 0.5) is 0 Å². The Bertz CT molecular complexity index is 95.7. The molecule has 0 saturated carbocycles. The van der Waals surface area contributed by atoms with E-state index in [4.69, 9.17) is 0 Å². The van der Waals surface area contributed by atoms with Crippen molar-refractivity contribution in [2.24, 2.45) is 0 Å². The van der Waals surface area contributed by atoms with E-state index in [0.717, 1.165) is 5.88 Å². The van der Waals surface area contributed by atoms with Gasteiger partial charge in [-0.15, -0.1) is 10.5 Å². The van der Waals surface area contributed by atoms with Gasteiger partial charge in [0.2, 0.25) is 0 Å². The van der Waals surface area contributed by atoms with Crippen LogP contribution in [0, 0.1) is 0 Å². The molecule has 1 atom stereocenters. The van der Waals surface area contributed by atoms with Gasteiger partial charge in [0.1, 0.15) is 0 Å². The molecule has 1 heterocycles. The lowest BCUT2D eigenvalue weighted by Crippen LogP contribution is -1.95. The fourth-order valence-electron chi connectivity index (χ4n) is 0.348. The fourth-order valence-corrected chi connectivity index (χ4v) is 1.04. The van der Waals surface area contributed by atoms with E-state index in [0.29, 0.717) is 0 Å². The summed E-state index contributed by atoms with van der Waals surface area (Å²) in [6, 6.07) is 0. The van der Waals surface area contributed by atoms with Crippen LogP contribution in [-0.4, -0.2) is 11.7 Å². The maximum atomic E-state index is 3.82. The zero-order valence-electron chi connectivity index (χ0n) is 3.48. The van der Waals surface area contributed by atoms with Crippen molar-refractivity contribution in [2.75, 3.05) is 5.88 Å². The monoisotopic (exact) mass is 101 g/mol. The summed E-state index contributed by atoms with van der Waals surface area (Å²) in [6.45, 7) is 0. The third-order valence-electron chi connectivity index (χ3n) is 0.647. The summed E-state index contributed by atoms with van der Waals surface area (Å²) in [7, 11) is 0.285. The van der Waals surface area contributed by atoms with Crippen molar-refractivity contribution in [3.05, 3.63) is 11.6 Å². The molecule has 0 radical (unpaired) electrons. The molecule has 1 N–H and O–H groups in total. The van der Waals surface area contributed by atoms with Crippen molar-refractivity contribution in [3.63, 3.8) is 0 Å². The van der Waals surface area contributed by atoms with E-state index in [2.05, 4.69) is 16.6 Å². The van der Waals surface area contributed by atoms with Gasteiger partial charge in [0.05, 0.1) is 5.88 Å². The quantitative estimate of drug-likeness (QED) is 0.443. The molecule has 0 aromatic heterocycles. The van der Waals surface area contributed by atoms with E-state index >= 15 is 0 Å². The molecular formula is C4H7NS. The number of rotatable bonds is 0. The lowest BCUT2D eigenvalue weighted by molar-refractivity contribution is 1.08. The third-order valence-corrected chi connectivity index (χ3v) is 1.71. The summed E-state index contributed by atoms with van der Waals surface area (Å²) >= 11 is 0. The molecule has 1 aliphatic rings. The molecule has 0 saturated heterocycles. The van der Waals surface area contributed by atoms with E-state index in [1.54, 1.807) is 0 Å². The summed E-state index contributed by atoms with van der Waals surface area (Å²) in [5, 5.41) is 5.12. The Morgan fingerprint density at radius 2 is 2.67 bits per heavy atom. The summed E-state index contributed by atoms with van der Waals surface area (Å²) < 4.78 is 0. The second kappa shape index (κ2) is 1.47. The summed E-state index contributed by atoms with van der Waals surface area (Å²) in [5.74, 6) is 4.86. The van der Waals surface area contributed by atoms with Crippen LogP contribution in [0.5, 0.6) is 0 Å².